The van der Waals surface area contributed by atoms with E-state index >= 15 is 0 Å². The van der Waals surface area contributed by atoms with Crippen molar-refractivity contribution >= 4 is 11.0 Å². The third kappa shape index (κ3) is 3.21. The number of aromatic amines is 1. The van der Waals surface area contributed by atoms with E-state index in [2.05, 4.69) is 19.9 Å². The standard InChI is InChI=1S/C18H11F3N4O/c19-18(20,21)15-9-10-22-17(25-15)26-12-7-5-11(6-8-12)16-23-13-3-1-2-4-14(13)24-16/h1-10H,(H,23,24). The van der Waals surface area contributed by atoms with E-state index < -0.39 is 11.9 Å². The molecule has 5 nitrogen and oxygen atoms in total. The molecule has 0 unspecified atom stereocenters. The number of nitrogens with one attached hydrogen (secondary N) is 1. The molecule has 2 heterocycles. The first-order valence-electron chi connectivity index (χ1n) is 7.62. The highest BCUT2D eigenvalue weighted by molar-refractivity contribution is 5.79. The minimum atomic E-state index is -4.55. The maximum atomic E-state index is 12.7. The van der Waals surface area contributed by atoms with Crippen molar-refractivity contribution in [2.24, 2.45) is 0 Å². The predicted octanol–water partition coefficient (Wildman–Crippen LogP) is 4.83. The van der Waals surface area contributed by atoms with Crippen LogP contribution in [0.4, 0.5) is 13.2 Å². The second kappa shape index (κ2) is 6.14. The van der Waals surface area contributed by atoms with Crippen LogP contribution in [0.15, 0.2) is 60.8 Å². The number of imidazole rings is 1. The van der Waals surface area contributed by atoms with E-state index in [4.69, 9.17) is 4.74 Å². The minimum Gasteiger partial charge on any atom is -0.424 e. The molecule has 0 saturated heterocycles. The molecule has 0 spiro atoms. The summed E-state index contributed by atoms with van der Waals surface area (Å²) in [5, 5.41) is 0. The van der Waals surface area contributed by atoms with Gasteiger partial charge in [0.1, 0.15) is 11.6 Å². The Bertz CT molecular complexity index is 1020. The second-order valence-corrected chi connectivity index (χ2v) is 5.45. The van der Waals surface area contributed by atoms with E-state index in [9.17, 15) is 13.2 Å². The van der Waals surface area contributed by atoms with Gasteiger partial charge >= 0.3 is 12.2 Å². The second-order valence-electron chi connectivity index (χ2n) is 5.45. The zero-order valence-corrected chi connectivity index (χ0v) is 13.2. The first kappa shape index (κ1) is 16.1. The van der Waals surface area contributed by atoms with Crippen LogP contribution in [0, 0.1) is 0 Å². The van der Waals surface area contributed by atoms with Crippen molar-refractivity contribution in [1.82, 2.24) is 19.9 Å². The zero-order chi connectivity index (χ0) is 18.1. The summed E-state index contributed by atoms with van der Waals surface area (Å²) in [6.45, 7) is 0. The summed E-state index contributed by atoms with van der Waals surface area (Å²) >= 11 is 0. The summed E-state index contributed by atoms with van der Waals surface area (Å²) in [7, 11) is 0. The van der Waals surface area contributed by atoms with Crippen LogP contribution in [-0.4, -0.2) is 19.9 Å². The molecular formula is C18H11F3N4O. The fraction of sp³-hybridized carbons (Fsp3) is 0.0556. The van der Waals surface area contributed by atoms with E-state index in [0.29, 0.717) is 11.6 Å². The molecular weight excluding hydrogens is 345 g/mol. The molecule has 0 bridgehead atoms. The van der Waals surface area contributed by atoms with E-state index in [1.165, 1.54) is 0 Å². The van der Waals surface area contributed by atoms with Gasteiger partial charge in [0.15, 0.2) is 5.69 Å². The van der Waals surface area contributed by atoms with Crippen LogP contribution in [0.25, 0.3) is 22.4 Å². The Morgan fingerprint density at radius 1 is 0.885 bits per heavy atom. The third-order valence-corrected chi connectivity index (χ3v) is 3.65. The largest absolute Gasteiger partial charge is 0.433 e. The smallest absolute Gasteiger partial charge is 0.424 e. The van der Waals surface area contributed by atoms with Gasteiger partial charge in [-0.25, -0.2) is 9.97 Å². The molecule has 0 aliphatic rings. The number of hydrogen-bond donors (Lipinski definition) is 1. The van der Waals surface area contributed by atoms with Crippen molar-refractivity contribution in [3.63, 3.8) is 0 Å². The number of aromatic nitrogens is 4. The van der Waals surface area contributed by atoms with Crippen LogP contribution in [0.3, 0.4) is 0 Å². The van der Waals surface area contributed by atoms with Gasteiger partial charge in [0.2, 0.25) is 0 Å². The van der Waals surface area contributed by atoms with Crippen LogP contribution in [0.1, 0.15) is 5.69 Å². The zero-order valence-electron chi connectivity index (χ0n) is 13.2. The third-order valence-electron chi connectivity index (χ3n) is 3.65. The first-order valence-corrected chi connectivity index (χ1v) is 7.62. The number of ether oxygens (including phenoxy) is 1. The van der Waals surface area contributed by atoms with Crippen molar-refractivity contribution < 1.29 is 17.9 Å². The Hall–Kier alpha value is -3.42. The van der Waals surface area contributed by atoms with Gasteiger partial charge in [-0.3, -0.25) is 0 Å². The maximum Gasteiger partial charge on any atom is 0.433 e. The van der Waals surface area contributed by atoms with Gasteiger partial charge in [0.05, 0.1) is 11.0 Å². The number of fused-ring (bicyclic) bond motifs is 1. The number of halogens is 3. The summed E-state index contributed by atoms with van der Waals surface area (Å²) in [5.41, 5.74) is 1.53. The average Bonchev–Trinajstić information content (AvgIpc) is 3.06. The maximum absolute atomic E-state index is 12.7. The van der Waals surface area contributed by atoms with E-state index in [0.717, 1.165) is 28.9 Å². The first-order chi connectivity index (χ1) is 12.5. The van der Waals surface area contributed by atoms with Crippen molar-refractivity contribution in [3.8, 4) is 23.1 Å². The highest BCUT2D eigenvalue weighted by Gasteiger charge is 2.33. The molecule has 26 heavy (non-hydrogen) atoms. The van der Waals surface area contributed by atoms with Gasteiger partial charge in [0, 0.05) is 11.8 Å². The predicted molar refractivity (Wildman–Crippen MR) is 88.6 cm³/mol. The van der Waals surface area contributed by atoms with Gasteiger partial charge in [0.25, 0.3) is 0 Å². The Morgan fingerprint density at radius 2 is 1.65 bits per heavy atom. The molecule has 0 saturated carbocycles. The molecule has 0 fully saturated rings. The van der Waals surface area contributed by atoms with Gasteiger partial charge in [-0.15, -0.1) is 0 Å². The SMILES string of the molecule is FC(F)(F)c1ccnc(Oc2ccc(-c3nc4ccccc4[nH]3)cc2)n1. The molecule has 0 amide bonds. The van der Waals surface area contributed by atoms with E-state index in [-0.39, 0.29) is 6.01 Å². The van der Waals surface area contributed by atoms with Crippen LogP contribution >= 0.6 is 0 Å². The summed E-state index contributed by atoms with van der Waals surface area (Å²) < 4.78 is 43.3. The summed E-state index contributed by atoms with van der Waals surface area (Å²) in [5.74, 6) is 1.01. The molecule has 1 N–H and O–H groups in total. The van der Waals surface area contributed by atoms with Crippen molar-refractivity contribution in [2.45, 2.75) is 6.18 Å². The quantitative estimate of drug-likeness (QED) is 0.571. The van der Waals surface area contributed by atoms with Gasteiger partial charge < -0.3 is 9.72 Å². The Morgan fingerprint density at radius 3 is 2.38 bits per heavy atom. The van der Waals surface area contributed by atoms with Crippen LogP contribution in [0.5, 0.6) is 11.8 Å². The highest BCUT2D eigenvalue weighted by atomic mass is 19.4. The van der Waals surface area contributed by atoms with Crippen molar-refractivity contribution in [3.05, 3.63) is 66.5 Å². The molecule has 0 aliphatic heterocycles. The molecule has 130 valence electrons. The molecule has 4 rings (SSSR count). The number of alkyl halides is 3. The molecule has 4 aromatic rings. The number of H-pyrrole nitrogens is 1. The van der Waals surface area contributed by atoms with Gasteiger partial charge in [-0.05, 0) is 42.5 Å². The normalized spacial score (nSPS) is 11.7. The highest BCUT2D eigenvalue weighted by Crippen LogP contribution is 2.29. The molecule has 0 atom stereocenters. The van der Waals surface area contributed by atoms with Gasteiger partial charge in [-0.1, -0.05) is 12.1 Å². The Labute approximate surface area is 145 Å². The fourth-order valence-corrected chi connectivity index (χ4v) is 2.42. The number of nitrogens with zero attached hydrogens (tertiary/aromatic N) is 3. The van der Waals surface area contributed by atoms with Gasteiger partial charge in [-0.2, -0.15) is 18.2 Å². The molecule has 2 aromatic heterocycles. The van der Waals surface area contributed by atoms with E-state index in [1.807, 2.05) is 24.3 Å². The molecule has 0 radical (unpaired) electrons. The Balaban J connectivity index is 1.56. The average molecular weight is 356 g/mol. The van der Waals surface area contributed by atoms with Crippen LogP contribution in [-0.2, 0) is 6.18 Å². The molecule has 2 aromatic carbocycles. The summed E-state index contributed by atoms with van der Waals surface area (Å²) in [6.07, 6.45) is -3.54. The number of rotatable bonds is 3. The van der Waals surface area contributed by atoms with Crippen molar-refractivity contribution in [1.29, 1.82) is 0 Å². The molecule has 8 heteroatoms. The summed E-state index contributed by atoms with van der Waals surface area (Å²) in [4.78, 5) is 14.8. The molecule has 0 aliphatic carbocycles. The van der Waals surface area contributed by atoms with Crippen molar-refractivity contribution in [2.75, 3.05) is 0 Å². The van der Waals surface area contributed by atoms with E-state index in [1.54, 1.807) is 24.3 Å². The summed E-state index contributed by atoms with van der Waals surface area (Å²) in [6, 6.07) is 14.8. The lowest BCUT2D eigenvalue weighted by molar-refractivity contribution is -0.141. The lowest BCUT2D eigenvalue weighted by atomic mass is 10.2. The van der Waals surface area contributed by atoms with Crippen LogP contribution < -0.4 is 4.74 Å². The fourth-order valence-electron chi connectivity index (χ4n) is 2.42. The lowest BCUT2D eigenvalue weighted by Gasteiger charge is -2.08. The Kier molecular flexibility index (Phi) is 3.80. The minimum absolute atomic E-state index is 0.323. The number of hydrogen-bond acceptors (Lipinski definition) is 4. The lowest BCUT2D eigenvalue weighted by Crippen LogP contribution is -2.08. The monoisotopic (exact) mass is 356 g/mol. The van der Waals surface area contributed by atoms with Crippen LogP contribution in [0.2, 0.25) is 0 Å². The number of benzene rings is 2. The topological polar surface area (TPSA) is 63.7 Å². The number of para-hydroxylation sites is 2.